The lowest BCUT2D eigenvalue weighted by Gasteiger charge is -2.26. The molecule has 2 aromatic carbocycles. The van der Waals surface area contributed by atoms with Gasteiger partial charge in [0.1, 0.15) is 5.82 Å². The van der Waals surface area contributed by atoms with Crippen LogP contribution in [0.25, 0.3) is 32.8 Å². The highest BCUT2D eigenvalue weighted by molar-refractivity contribution is 6.05. The Morgan fingerprint density at radius 1 is 1.10 bits per heavy atom. The second kappa shape index (κ2) is 11.0. The number of fused-ring (bicyclic) bond motifs is 2. The number of aryl methyl sites for hydroxylation is 1. The van der Waals surface area contributed by atoms with Crippen LogP contribution < -0.4 is 0 Å². The third-order valence-corrected chi connectivity index (χ3v) is 8.23. The molecule has 1 N–H and O–H groups in total. The maximum atomic E-state index is 14.0. The van der Waals surface area contributed by atoms with Gasteiger partial charge >= 0.3 is 5.97 Å². The van der Waals surface area contributed by atoms with Crippen molar-refractivity contribution < 1.29 is 23.8 Å². The van der Waals surface area contributed by atoms with Crippen LogP contribution in [0, 0.1) is 11.7 Å². The summed E-state index contributed by atoms with van der Waals surface area (Å²) in [6.07, 6.45) is 7.62. The molecule has 7 nitrogen and oxygen atoms in total. The van der Waals surface area contributed by atoms with Gasteiger partial charge in [0, 0.05) is 47.8 Å². The second-order valence-electron chi connectivity index (χ2n) is 10.9. The van der Waals surface area contributed by atoms with E-state index >= 15 is 0 Å². The molecular weight excluding hydrogens is 497 g/mol. The number of hydrogen-bond donors (Lipinski definition) is 1. The minimum Gasteiger partial charge on any atom is -0.481 e. The summed E-state index contributed by atoms with van der Waals surface area (Å²) >= 11 is 0. The Balaban J connectivity index is 1.59. The second-order valence-corrected chi connectivity index (χ2v) is 10.9. The van der Waals surface area contributed by atoms with Crippen molar-refractivity contribution in [1.82, 2.24) is 14.8 Å². The minimum atomic E-state index is -0.804. The zero-order valence-electron chi connectivity index (χ0n) is 22.2. The molecule has 6 rings (SSSR count). The molecule has 8 heteroatoms. The van der Waals surface area contributed by atoms with E-state index in [0.717, 1.165) is 82.9 Å². The number of carboxylic acids is 1. The molecule has 0 bridgehead atoms. The van der Waals surface area contributed by atoms with E-state index in [1.54, 1.807) is 6.92 Å². The predicted octanol–water partition coefficient (Wildman–Crippen LogP) is 6.64. The van der Waals surface area contributed by atoms with Crippen LogP contribution in [-0.4, -0.2) is 45.7 Å². The van der Waals surface area contributed by atoms with Gasteiger partial charge in [-0.25, -0.2) is 9.07 Å². The molecule has 204 valence electrons. The Kier molecular flexibility index (Phi) is 7.32. The quantitative estimate of drug-likeness (QED) is 0.288. The highest BCUT2D eigenvalue weighted by Crippen LogP contribution is 2.41. The standard InChI is InChI=1S/C31H34FN3O4/c1-19(31(36)37)5-10-26-24-17-27-22(18-33-35(27)28-4-2-3-13-39-28)16-25(24)29(20-6-8-23(32)9-7-20)30(34-26)21-11-14-38-15-12-21/h6-9,16-19,21,28H,2-5,10-15H2,1H3,(H,36,37). The first-order chi connectivity index (χ1) is 19.0. The van der Waals surface area contributed by atoms with Gasteiger partial charge in [-0.05, 0) is 80.2 Å². The smallest absolute Gasteiger partial charge is 0.306 e. The van der Waals surface area contributed by atoms with Crippen molar-refractivity contribution in [2.75, 3.05) is 19.8 Å². The molecule has 39 heavy (non-hydrogen) atoms. The number of hydrogen-bond acceptors (Lipinski definition) is 5. The first-order valence-corrected chi connectivity index (χ1v) is 14.0. The van der Waals surface area contributed by atoms with Crippen LogP contribution in [0.5, 0.6) is 0 Å². The van der Waals surface area contributed by atoms with Gasteiger partial charge in [-0.1, -0.05) is 19.1 Å². The predicted molar refractivity (Wildman–Crippen MR) is 147 cm³/mol. The van der Waals surface area contributed by atoms with Gasteiger partial charge in [0.25, 0.3) is 0 Å². The maximum absolute atomic E-state index is 14.0. The molecule has 0 saturated carbocycles. The Morgan fingerprint density at radius 2 is 1.90 bits per heavy atom. The van der Waals surface area contributed by atoms with Gasteiger partial charge in [-0.15, -0.1) is 0 Å². The molecule has 0 radical (unpaired) electrons. The van der Waals surface area contributed by atoms with E-state index in [0.29, 0.717) is 26.1 Å². The van der Waals surface area contributed by atoms with Crippen molar-refractivity contribution in [2.45, 2.75) is 64.0 Å². The summed E-state index contributed by atoms with van der Waals surface area (Å²) in [5, 5.41) is 17.3. The number of nitrogens with zero attached hydrogens (tertiary/aromatic N) is 3. The molecular formula is C31H34FN3O4. The average molecular weight is 532 g/mol. The van der Waals surface area contributed by atoms with E-state index in [4.69, 9.17) is 19.6 Å². The van der Waals surface area contributed by atoms with E-state index < -0.39 is 11.9 Å². The number of rotatable bonds is 7. The molecule has 2 unspecified atom stereocenters. The molecule has 2 aromatic heterocycles. The highest BCUT2D eigenvalue weighted by atomic mass is 19.1. The van der Waals surface area contributed by atoms with E-state index in [2.05, 4.69) is 12.1 Å². The van der Waals surface area contributed by atoms with Crippen LogP contribution in [0.4, 0.5) is 4.39 Å². The van der Waals surface area contributed by atoms with Crippen molar-refractivity contribution in [2.24, 2.45) is 5.92 Å². The fraction of sp³-hybridized carbons (Fsp3) is 0.452. The molecule has 0 amide bonds. The van der Waals surface area contributed by atoms with Crippen molar-refractivity contribution in [3.63, 3.8) is 0 Å². The summed E-state index contributed by atoms with van der Waals surface area (Å²) in [7, 11) is 0. The number of benzene rings is 2. The van der Waals surface area contributed by atoms with Crippen LogP contribution >= 0.6 is 0 Å². The largest absolute Gasteiger partial charge is 0.481 e. The third kappa shape index (κ3) is 5.15. The number of carboxylic acid groups (broad SMARTS) is 1. The fourth-order valence-electron chi connectivity index (χ4n) is 5.94. The summed E-state index contributed by atoms with van der Waals surface area (Å²) < 4.78 is 27.6. The summed E-state index contributed by atoms with van der Waals surface area (Å²) in [5.74, 6) is -1.36. The van der Waals surface area contributed by atoms with Gasteiger partial charge < -0.3 is 14.6 Å². The fourth-order valence-corrected chi connectivity index (χ4v) is 5.94. The molecule has 2 aliphatic rings. The summed E-state index contributed by atoms with van der Waals surface area (Å²) in [6, 6.07) is 11.0. The van der Waals surface area contributed by atoms with Crippen molar-refractivity contribution >= 4 is 27.6 Å². The first-order valence-electron chi connectivity index (χ1n) is 14.0. The van der Waals surface area contributed by atoms with Crippen LogP contribution in [-0.2, 0) is 20.7 Å². The number of pyridine rings is 1. The Bertz CT molecular complexity index is 1490. The number of halogens is 1. The van der Waals surface area contributed by atoms with Crippen LogP contribution in [0.3, 0.4) is 0 Å². The SMILES string of the molecule is CC(CCc1nc(C2CCOCC2)c(-c2ccc(F)cc2)c2cc3cnn(C4CCCCO4)c3cc12)C(=O)O. The molecule has 0 spiro atoms. The normalized spacial score (nSPS) is 19.5. The number of ether oxygens (including phenoxy) is 2. The molecule has 2 saturated heterocycles. The lowest BCUT2D eigenvalue weighted by Crippen LogP contribution is -2.19. The Labute approximate surface area is 226 Å². The number of aliphatic carboxylic acids is 1. The monoisotopic (exact) mass is 531 g/mol. The maximum Gasteiger partial charge on any atom is 0.306 e. The average Bonchev–Trinajstić information content (AvgIpc) is 3.38. The van der Waals surface area contributed by atoms with Gasteiger partial charge in [0.05, 0.1) is 23.3 Å². The number of aromatic nitrogens is 3. The van der Waals surface area contributed by atoms with Crippen LogP contribution in [0.15, 0.2) is 42.6 Å². The lowest BCUT2D eigenvalue weighted by molar-refractivity contribution is -0.141. The molecule has 4 heterocycles. The molecule has 4 aromatic rings. The Morgan fingerprint density at radius 3 is 2.62 bits per heavy atom. The van der Waals surface area contributed by atoms with Crippen LogP contribution in [0.1, 0.15) is 69.0 Å². The van der Waals surface area contributed by atoms with Gasteiger partial charge in [0.15, 0.2) is 6.23 Å². The van der Waals surface area contributed by atoms with E-state index in [1.807, 2.05) is 23.0 Å². The van der Waals surface area contributed by atoms with Gasteiger partial charge in [-0.3, -0.25) is 9.78 Å². The molecule has 2 atom stereocenters. The van der Waals surface area contributed by atoms with E-state index in [1.165, 1.54) is 12.1 Å². The van der Waals surface area contributed by atoms with E-state index in [9.17, 15) is 14.3 Å². The zero-order chi connectivity index (χ0) is 26.9. The van der Waals surface area contributed by atoms with Crippen molar-refractivity contribution in [1.29, 1.82) is 0 Å². The van der Waals surface area contributed by atoms with Gasteiger partial charge in [-0.2, -0.15) is 5.10 Å². The minimum absolute atomic E-state index is 0.102. The molecule has 2 fully saturated rings. The van der Waals surface area contributed by atoms with Gasteiger partial charge in [0.2, 0.25) is 0 Å². The molecule has 2 aliphatic heterocycles. The summed E-state index contributed by atoms with van der Waals surface area (Å²) in [5.41, 5.74) is 4.79. The van der Waals surface area contributed by atoms with Crippen LogP contribution in [0.2, 0.25) is 0 Å². The van der Waals surface area contributed by atoms with Crippen molar-refractivity contribution in [3.05, 3.63) is 59.8 Å². The zero-order valence-corrected chi connectivity index (χ0v) is 22.2. The molecule has 0 aliphatic carbocycles. The first kappa shape index (κ1) is 25.9. The highest BCUT2D eigenvalue weighted by Gasteiger charge is 2.26. The summed E-state index contributed by atoms with van der Waals surface area (Å²) in [6.45, 7) is 3.81. The number of carbonyl (C=O) groups is 1. The third-order valence-electron chi connectivity index (χ3n) is 8.23. The lowest BCUT2D eigenvalue weighted by atomic mass is 9.86. The van der Waals surface area contributed by atoms with E-state index in [-0.39, 0.29) is 18.0 Å². The summed E-state index contributed by atoms with van der Waals surface area (Å²) in [4.78, 5) is 16.9. The topological polar surface area (TPSA) is 86.5 Å². The Hall–Kier alpha value is -3.36. The van der Waals surface area contributed by atoms with Crippen molar-refractivity contribution in [3.8, 4) is 11.1 Å².